The van der Waals surface area contributed by atoms with E-state index in [4.69, 9.17) is 5.11 Å². The van der Waals surface area contributed by atoms with Gasteiger partial charge in [-0.1, -0.05) is 52.9 Å². The first kappa shape index (κ1) is 15.4. The largest absolute Gasteiger partial charge is 0.390 e. The third-order valence-electron chi connectivity index (χ3n) is 2.07. The average molecular weight is 188 g/mol. The summed E-state index contributed by atoms with van der Waals surface area (Å²) in [6, 6.07) is 0. The molecule has 1 N–H and O–H groups in total. The highest BCUT2D eigenvalue weighted by Gasteiger charge is 2.05. The molecular formula is C12H28O. The summed E-state index contributed by atoms with van der Waals surface area (Å²) < 4.78 is 0. The highest BCUT2D eigenvalue weighted by molar-refractivity contribution is 4.59. The summed E-state index contributed by atoms with van der Waals surface area (Å²) in [6.07, 6.45) is 7.83. The van der Waals surface area contributed by atoms with E-state index in [0.29, 0.717) is 0 Å². The van der Waals surface area contributed by atoms with Crippen LogP contribution in [0.1, 0.15) is 73.1 Å². The molecule has 0 aliphatic carbocycles. The lowest BCUT2D eigenvalue weighted by atomic mass is 10.1. The predicted octanol–water partition coefficient (Wildman–Crippen LogP) is 4.14. The molecule has 0 bridgehead atoms. The molecule has 0 rings (SSSR count). The van der Waals surface area contributed by atoms with Crippen molar-refractivity contribution in [1.29, 1.82) is 0 Å². The van der Waals surface area contributed by atoms with Gasteiger partial charge in [-0.25, -0.2) is 0 Å². The molecule has 0 aliphatic heterocycles. The van der Waals surface area contributed by atoms with Gasteiger partial charge in [-0.2, -0.15) is 0 Å². The molecule has 0 aliphatic rings. The topological polar surface area (TPSA) is 20.2 Å². The molecule has 1 heteroatoms. The van der Waals surface area contributed by atoms with E-state index in [1.807, 2.05) is 6.92 Å². The second-order valence-corrected chi connectivity index (χ2v) is 4.23. The van der Waals surface area contributed by atoms with Crippen LogP contribution in [0, 0.1) is 0 Å². The van der Waals surface area contributed by atoms with Crippen LogP contribution >= 0.6 is 0 Å². The van der Waals surface area contributed by atoms with Gasteiger partial charge >= 0.3 is 0 Å². The summed E-state index contributed by atoms with van der Waals surface area (Å²) in [5, 5.41) is 8.83. The van der Waals surface area contributed by atoms with Crippen LogP contribution in [-0.4, -0.2) is 10.7 Å². The third-order valence-corrected chi connectivity index (χ3v) is 2.07. The monoisotopic (exact) mass is 188 g/mol. The Kier molecular flexibility index (Phi) is 11.9. The predicted molar refractivity (Wildman–Crippen MR) is 61.0 cm³/mol. The number of hydrogen-bond donors (Lipinski definition) is 1. The van der Waals surface area contributed by atoms with Gasteiger partial charge in [0.2, 0.25) is 0 Å². The molecule has 13 heavy (non-hydrogen) atoms. The molecule has 0 saturated carbocycles. The van der Waals surface area contributed by atoms with Crippen molar-refractivity contribution < 1.29 is 5.11 Å². The van der Waals surface area contributed by atoms with E-state index in [-0.39, 0.29) is 0 Å². The van der Waals surface area contributed by atoms with Gasteiger partial charge in [-0.05, 0) is 20.3 Å². The highest BCUT2D eigenvalue weighted by Crippen LogP contribution is 2.03. The van der Waals surface area contributed by atoms with Crippen molar-refractivity contribution in [2.24, 2.45) is 0 Å². The fraction of sp³-hybridized carbons (Fsp3) is 1.00. The molecule has 0 radical (unpaired) electrons. The Morgan fingerprint density at radius 3 is 1.31 bits per heavy atom. The molecular weight excluding hydrogens is 160 g/mol. The summed E-state index contributed by atoms with van der Waals surface area (Å²) >= 11 is 0. The summed E-state index contributed by atoms with van der Waals surface area (Å²) in [5.41, 5.74) is -0.458. The van der Waals surface area contributed by atoms with Crippen LogP contribution in [0.25, 0.3) is 0 Å². The molecule has 1 nitrogen and oxygen atoms in total. The van der Waals surface area contributed by atoms with Crippen molar-refractivity contribution in [1.82, 2.24) is 0 Å². The lowest BCUT2D eigenvalue weighted by Gasteiger charge is -2.11. The Morgan fingerprint density at radius 2 is 1.15 bits per heavy atom. The van der Waals surface area contributed by atoms with Gasteiger partial charge in [0, 0.05) is 0 Å². The highest BCUT2D eigenvalue weighted by atomic mass is 16.3. The molecule has 0 aromatic rings. The summed E-state index contributed by atoms with van der Waals surface area (Å²) in [7, 11) is 0. The van der Waals surface area contributed by atoms with Crippen molar-refractivity contribution >= 4 is 0 Å². The molecule has 0 aromatic carbocycles. The number of hydrogen-bond acceptors (Lipinski definition) is 1. The maximum Gasteiger partial charge on any atom is 0.0589 e. The summed E-state index contributed by atoms with van der Waals surface area (Å²) in [4.78, 5) is 0. The van der Waals surface area contributed by atoms with E-state index in [1.165, 1.54) is 32.1 Å². The Hall–Kier alpha value is -0.0400. The molecule has 0 atom stereocenters. The maximum absolute atomic E-state index is 8.83. The minimum absolute atomic E-state index is 0.458. The Labute approximate surface area is 84.6 Å². The van der Waals surface area contributed by atoms with Crippen molar-refractivity contribution in [2.75, 3.05) is 0 Å². The van der Waals surface area contributed by atoms with Crippen molar-refractivity contribution in [3.8, 4) is 0 Å². The molecule has 0 fully saturated rings. The standard InChI is InChI=1S/C7H16.C5H12O/c1-3-5-7-6-4-2;1-4-5(2,3)6/h3-7H2,1-2H3;6H,4H2,1-3H3. The van der Waals surface area contributed by atoms with Crippen LogP contribution in [-0.2, 0) is 0 Å². The molecule has 82 valence electrons. The first-order valence-electron chi connectivity index (χ1n) is 5.70. The van der Waals surface area contributed by atoms with E-state index in [1.54, 1.807) is 13.8 Å². The smallest absolute Gasteiger partial charge is 0.0589 e. The average Bonchev–Trinajstić information content (AvgIpc) is 2.06. The number of aliphatic hydroxyl groups is 1. The third kappa shape index (κ3) is 24.5. The van der Waals surface area contributed by atoms with Crippen LogP contribution in [0.4, 0.5) is 0 Å². The quantitative estimate of drug-likeness (QED) is 0.643. The Balaban J connectivity index is 0. The van der Waals surface area contributed by atoms with Crippen LogP contribution < -0.4 is 0 Å². The van der Waals surface area contributed by atoms with Gasteiger partial charge < -0.3 is 5.11 Å². The molecule has 0 amide bonds. The van der Waals surface area contributed by atoms with Gasteiger partial charge in [-0.3, -0.25) is 0 Å². The lowest BCUT2D eigenvalue weighted by Crippen LogP contribution is -2.15. The van der Waals surface area contributed by atoms with E-state index >= 15 is 0 Å². The second kappa shape index (κ2) is 10.0. The minimum atomic E-state index is -0.458. The van der Waals surface area contributed by atoms with Crippen LogP contribution in [0.3, 0.4) is 0 Å². The first-order chi connectivity index (χ1) is 5.97. The molecule has 0 heterocycles. The SMILES string of the molecule is CCC(C)(C)O.CCCCCCC. The van der Waals surface area contributed by atoms with E-state index < -0.39 is 5.60 Å². The van der Waals surface area contributed by atoms with Crippen LogP contribution in [0.2, 0.25) is 0 Å². The molecule has 0 spiro atoms. The van der Waals surface area contributed by atoms with Gasteiger partial charge in [0.25, 0.3) is 0 Å². The van der Waals surface area contributed by atoms with Gasteiger partial charge in [-0.15, -0.1) is 0 Å². The van der Waals surface area contributed by atoms with Crippen molar-refractivity contribution in [3.05, 3.63) is 0 Å². The van der Waals surface area contributed by atoms with Gasteiger partial charge in [0.15, 0.2) is 0 Å². The van der Waals surface area contributed by atoms with E-state index in [9.17, 15) is 0 Å². The molecule has 0 saturated heterocycles. The number of unbranched alkanes of at least 4 members (excludes halogenated alkanes) is 4. The molecule has 0 aromatic heterocycles. The fourth-order valence-electron chi connectivity index (χ4n) is 0.677. The summed E-state index contributed by atoms with van der Waals surface area (Å²) in [6.45, 7) is 10.0. The minimum Gasteiger partial charge on any atom is -0.390 e. The number of rotatable bonds is 5. The van der Waals surface area contributed by atoms with Crippen molar-refractivity contribution in [3.63, 3.8) is 0 Å². The Bertz CT molecular complexity index is 77.6. The second-order valence-electron chi connectivity index (χ2n) is 4.23. The maximum atomic E-state index is 8.83. The molecule has 0 unspecified atom stereocenters. The lowest BCUT2D eigenvalue weighted by molar-refractivity contribution is 0.0765. The normalized spacial score (nSPS) is 10.6. The van der Waals surface area contributed by atoms with E-state index in [2.05, 4.69) is 13.8 Å². The van der Waals surface area contributed by atoms with Crippen molar-refractivity contribution in [2.45, 2.75) is 78.7 Å². The first-order valence-corrected chi connectivity index (χ1v) is 5.70. The van der Waals surface area contributed by atoms with E-state index in [0.717, 1.165) is 6.42 Å². The zero-order valence-corrected chi connectivity index (χ0v) is 10.2. The zero-order chi connectivity index (χ0) is 10.7. The van der Waals surface area contributed by atoms with Crippen LogP contribution in [0.5, 0.6) is 0 Å². The van der Waals surface area contributed by atoms with Gasteiger partial charge in [0.1, 0.15) is 0 Å². The van der Waals surface area contributed by atoms with Gasteiger partial charge in [0.05, 0.1) is 5.60 Å². The fourth-order valence-corrected chi connectivity index (χ4v) is 0.677. The van der Waals surface area contributed by atoms with Crippen LogP contribution in [0.15, 0.2) is 0 Å². The Morgan fingerprint density at radius 1 is 0.846 bits per heavy atom. The summed E-state index contributed by atoms with van der Waals surface area (Å²) in [5.74, 6) is 0. The zero-order valence-electron chi connectivity index (χ0n) is 10.2.